The monoisotopic (exact) mass is 267 g/mol. The summed E-state index contributed by atoms with van der Waals surface area (Å²) in [5.74, 6) is -0.850. The van der Waals surface area contributed by atoms with Crippen LogP contribution in [0.5, 0.6) is 5.75 Å². The second-order valence-electron chi connectivity index (χ2n) is 4.60. The predicted molar refractivity (Wildman–Crippen MR) is 72.0 cm³/mol. The molecule has 0 fully saturated rings. The number of phenolic OH excluding ortho intramolecular Hbond substituents is 1. The zero-order chi connectivity index (χ0) is 14.4. The van der Waals surface area contributed by atoms with Crippen LogP contribution in [0.3, 0.4) is 0 Å². The lowest BCUT2D eigenvalue weighted by Gasteiger charge is -2.14. The molecule has 0 aliphatic carbocycles. The number of likely N-dealkylation sites (N-methyl/N-ethyl adjacent to an activating group) is 1. The van der Waals surface area contributed by atoms with Crippen molar-refractivity contribution in [1.82, 2.24) is 4.90 Å². The zero-order valence-corrected chi connectivity index (χ0v) is 11.6. The number of aromatic hydroxyl groups is 1. The first-order valence-corrected chi connectivity index (χ1v) is 6.27. The van der Waals surface area contributed by atoms with E-state index in [-0.39, 0.29) is 17.9 Å². The van der Waals surface area contributed by atoms with Crippen LogP contribution in [0, 0.1) is 0 Å². The fourth-order valence-electron chi connectivity index (χ4n) is 1.68. The van der Waals surface area contributed by atoms with Gasteiger partial charge in [0.2, 0.25) is 0 Å². The van der Waals surface area contributed by atoms with E-state index in [2.05, 4.69) is 0 Å². The van der Waals surface area contributed by atoms with Crippen LogP contribution in [-0.4, -0.2) is 48.3 Å². The fourth-order valence-corrected chi connectivity index (χ4v) is 1.68. The largest absolute Gasteiger partial charge is 0.508 e. The smallest absolute Gasteiger partial charge is 0.339 e. The maximum absolute atomic E-state index is 11.5. The molecule has 5 nitrogen and oxygen atoms in total. The van der Waals surface area contributed by atoms with Crippen molar-refractivity contribution in [2.75, 3.05) is 27.2 Å². The van der Waals surface area contributed by atoms with Gasteiger partial charge < -0.3 is 19.8 Å². The van der Waals surface area contributed by atoms with Crippen LogP contribution in [0.4, 0.5) is 0 Å². The van der Waals surface area contributed by atoms with E-state index < -0.39 is 12.1 Å². The van der Waals surface area contributed by atoms with E-state index in [0.717, 1.165) is 18.5 Å². The summed E-state index contributed by atoms with van der Waals surface area (Å²) in [6.45, 7) is 2.70. The maximum Gasteiger partial charge on any atom is 0.339 e. The minimum atomic E-state index is -1.45. The number of hydrogen-bond acceptors (Lipinski definition) is 5. The molecule has 1 atom stereocenters. The summed E-state index contributed by atoms with van der Waals surface area (Å²) in [5, 5.41) is 19.6. The Hall–Kier alpha value is -1.59. The molecule has 0 spiro atoms. The third-order valence-corrected chi connectivity index (χ3v) is 2.74. The van der Waals surface area contributed by atoms with E-state index in [4.69, 9.17) is 4.74 Å². The Morgan fingerprint density at radius 3 is 2.68 bits per heavy atom. The van der Waals surface area contributed by atoms with Crippen LogP contribution in [0.2, 0.25) is 0 Å². The van der Waals surface area contributed by atoms with Gasteiger partial charge in [-0.2, -0.15) is 0 Å². The molecule has 0 aromatic heterocycles. The lowest BCUT2D eigenvalue weighted by atomic mass is 10.0. The van der Waals surface area contributed by atoms with Gasteiger partial charge in [0.25, 0.3) is 0 Å². The first kappa shape index (κ1) is 15.5. The highest BCUT2D eigenvalue weighted by molar-refractivity contribution is 5.77. The van der Waals surface area contributed by atoms with Crippen molar-refractivity contribution in [2.24, 2.45) is 0 Å². The molecule has 1 unspecified atom stereocenters. The van der Waals surface area contributed by atoms with Gasteiger partial charge in [-0.05, 0) is 45.1 Å². The molecule has 0 aliphatic heterocycles. The highest BCUT2D eigenvalue weighted by atomic mass is 16.5. The second kappa shape index (κ2) is 7.11. The highest BCUT2D eigenvalue weighted by Crippen LogP contribution is 2.26. The average molecular weight is 267 g/mol. The van der Waals surface area contributed by atoms with Crippen molar-refractivity contribution in [3.05, 3.63) is 29.3 Å². The molecule has 1 aromatic rings. The lowest BCUT2D eigenvalue weighted by molar-refractivity contribution is -0.153. The van der Waals surface area contributed by atoms with Crippen molar-refractivity contribution < 1.29 is 19.7 Å². The van der Waals surface area contributed by atoms with Gasteiger partial charge in [0.15, 0.2) is 6.10 Å². The van der Waals surface area contributed by atoms with Crippen molar-refractivity contribution in [3.8, 4) is 5.75 Å². The molecule has 2 N–H and O–H groups in total. The van der Waals surface area contributed by atoms with Crippen LogP contribution < -0.4 is 0 Å². The Labute approximate surface area is 113 Å². The molecule has 0 aliphatic rings. The number of carbonyl (C=O) groups excluding carboxylic acids is 1. The maximum atomic E-state index is 11.5. The topological polar surface area (TPSA) is 70.0 Å². The summed E-state index contributed by atoms with van der Waals surface area (Å²) in [6, 6.07) is 4.91. The van der Waals surface area contributed by atoms with Gasteiger partial charge in [-0.25, -0.2) is 4.79 Å². The van der Waals surface area contributed by atoms with Gasteiger partial charge in [-0.15, -0.1) is 0 Å². The van der Waals surface area contributed by atoms with Gasteiger partial charge in [-0.1, -0.05) is 6.07 Å². The summed E-state index contributed by atoms with van der Waals surface area (Å²) in [5.41, 5.74) is 1.14. The fraction of sp³-hybridized carbons (Fsp3) is 0.500. The summed E-state index contributed by atoms with van der Waals surface area (Å²) in [6.07, 6.45) is -0.671. The number of rotatable bonds is 6. The molecule has 106 valence electrons. The van der Waals surface area contributed by atoms with Gasteiger partial charge in [0.1, 0.15) is 5.75 Å². The SMILES string of the molecule is CCOC(=O)C(O)c1cc(CCN(C)C)ccc1O. The van der Waals surface area contributed by atoms with Crippen LogP contribution >= 0.6 is 0 Å². The van der Waals surface area contributed by atoms with Gasteiger partial charge in [0.05, 0.1) is 6.61 Å². The van der Waals surface area contributed by atoms with Crippen LogP contribution in [0.1, 0.15) is 24.2 Å². The van der Waals surface area contributed by atoms with Crippen molar-refractivity contribution in [3.63, 3.8) is 0 Å². The normalized spacial score (nSPS) is 12.5. The number of aliphatic hydroxyl groups excluding tert-OH is 1. The molecule has 5 heteroatoms. The molecular weight excluding hydrogens is 246 g/mol. The minimum Gasteiger partial charge on any atom is -0.508 e. The van der Waals surface area contributed by atoms with Gasteiger partial charge in [-0.3, -0.25) is 0 Å². The Kier molecular flexibility index (Phi) is 5.79. The molecule has 0 amide bonds. The van der Waals surface area contributed by atoms with Gasteiger partial charge >= 0.3 is 5.97 Å². The molecule has 0 heterocycles. The first-order chi connectivity index (χ1) is 8.95. The molecule has 1 aromatic carbocycles. The summed E-state index contributed by atoms with van der Waals surface area (Å²) < 4.78 is 4.74. The quantitative estimate of drug-likeness (QED) is 0.755. The molecule has 0 saturated carbocycles. The standard InChI is InChI=1S/C14H21NO4/c1-4-19-14(18)13(17)11-9-10(5-6-12(11)16)7-8-15(2)3/h5-6,9,13,16-17H,4,7-8H2,1-3H3. The molecule has 19 heavy (non-hydrogen) atoms. The Balaban J connectivity index is 2.87. The van der Waals surface area contributed by atoms with E-state index in [9.17, 15) is 15.0 Å². The molecule has 0 bridgehead atoms. The van der Waals surface area contributed by atoms with E-state index in [1.54, 1.807) is 19.1 Å². The number of hydrogen-bond donors (Lipinski definition) is 2. The third-order valence-electron chi connectivity index (χ3n) is 2.74. The zero-order valence-electron chi connectivity index (χ0n) is 11.6. The van der Waals surface area contributed by atoms with Gasteiger partial charge in [0, 0.05) is 12.1 Å². The van der Waals surface area contributed by atoms with E-state index in [0.29, 0.717) is 0 Å². The number of ether oxygens (including phenoxy) is 1. The second-order valence-corrected chi connectivity index (χ2v) is 4.60. The Morgan fingerprint density at radius 1 is 1.42 bits per heavy atom. The van der Waals surface area contributed by atoms with E-state index >= 15 is 0 Å². The lowest BCUT2D eigenvalue weighted by Crippen LogP contribution is -2.17. The van der Waals surface area contributed by atoms with E-state index in [1.807, 2.05) is 19.0 Å². The van der Waals surface area contributed by atoms with Crippen molar-refractivity contribution >= 4 is 5.97 Å². The Bertz CT molecular complexity index is 431. The predicted octanol–water partition coefficient (Wildman–Crippen LogP) is 1.09. The number of aliphatic hydroxyl groups is 1. The molecular formula is C14H21NO4. The highest BCUT2D eigenvalue weighted by Gasteiger charge is 2.22. The summed E-state index contributed by atoms with van der Waals surface area (Å²) in [7, 11) is 3.93. The van der Waals surface area contributed by atoms with Crippen LogP contribution in [0.15, 0.2) is 18.2 Å². The summed E-state index contributed by atoms with van der Waals surface area (Å²) in [4.78, 5) is 13.5. The van der Waals surface area contributed by atoms with Crippen molar-refractivity contribution in [2.45, 2.75) is 19.4 Å². The number of benzene rings is 1. The van der Waals surface area contributed by atoms with Crippen LogP contribution in [0.25, 0.3) is 0 Å². The van der Waals surface area contributed by atoms with Crippen molar-refractivity contribution in [1.29, 1.82) is 0 Å². The molecule has 0 saturated heterocycles. The number of esters is 1. The molecule has 0 radical (unpaired) electrons. The number of nitrogens with zero attached hydrogens (tertiary/aromatic N) is 1. The summed E-state index contributed by atoms with van der Waals surface area (Å²) >= 11 is 0. The average Bonchev–Trinajstić information content (AvgIpc) is 2.37. The minimum absolute atomic E-state index is 0.103. The number of phenols is 1. The number of carbonyl (C=O) groups is 1. The first-order valence-electron chi connectivity index (χ1n) is 6.27. The van der Waals surface area contributed by atoms with E-state index in [1.165, 1.54) is 6.07 Å². The Morgan fingerprint density at radius 2 is 2.11 bits per heavy atom. The molecule has 1 rings (SSSR count). The van der Waals surface area contributed by atoms with Crippen LogP contribution in [-0.2, 0) is 16.0 Å². The third kappa shape index (κ3) is 4.54.